The van der Waals surface area contributed by atoms with E-state index >= 15 is 8.78 Å². The maximum atomic E-state index is 16.0. The Balaban J connectivity index is 1.90. The first kappa shape index (κ1) is 31.9. The molecule has 1 fully saturated rings. The predicted molar refractivity (Wildman–Crippen MR) is 163 cm³/mol. The third-order valence-electron chi connectivity index (χ3n) is 7.63. The molecule has 4 heterocycles. The van der Waals surface area contributed by atoms with E-state index in [-0.39, 0.29) is 65.5 Å². The largest absolute Gasteiger partial charge is 0.507 e. The Morgan fingerprint density at radius 3 is 2.53 bits per heavy atom. The van der Waals surface area contributed by atoms with Gasteiger partial charge in [-0.05, 0) is 38.0 Å². The molecule has 1 aliphatic heterocycles. The van der Waals surface area contributed by atoms with Crippen molar-refractivity contribution in [1.29, 1.82) is 0 Å². The number of pyridine rings is 2. The molecule has 1 amide bonds. The number of aromatic hydroxyl groups is 1. The predicted octanol–water partition coefficient (Wildman–Crippen LogP) is 4.55. The van der Waals surface area contributed by atoms with Crippen molar-refractivity contribution in [2.75, 3.05) is 31.2 Å². The van der Waals surface area contributed by atoms with Gasteiger partial charge in [-0.15, -0.1) is 0 Å². The van der Waals surface area contributed by atoms with Gasteiger partial charge in [0, 0.05) is 31.4 Å². The molecule has 0 radical (unpaired) electrons. The second kappa shape index (κ2) is 12.4. The Morgan fingerprint density at radius 1 is 1.16 bits per heavy atom. The van der Waals surface area contributed by atoms with Crippen molar-refractivity contribution < 1.29 is 33.6 Å². The highest BCUT2D eigenvalue weighted by molar-refractivity contribution is 6.32. The minimum Gasteiger partial charge on any atom is -0.507 e. The van der Waals surface area contributed by atoms with Crippen molar-refractivity contribution in [3.8, 4) is 28.4 Å². The van der Waals surface area contributed by atoms with Gasteiger partial charge in [0.2, 0.25) is 0 Å². The van der Waals surface area contributed by atoms with Gasteiger partial charge in [0.1, 0.15) is 40.4 Å². The van der Waals surface area contributed by atoms with Gasteiger partial charge < -0.3 is 29.9 Å². The van der Waals surface area contributed by atoms with Crippen LogP contribution in [0, 0.1) is 11.6 Å². The molecule has 12 nitrogen and oxygen atoms in total. The summed E-state index contributed by atoms with van der Waals surface area (Å²) in [5, 5.41) is 29.7. The fraction of sp³-hybridized carbons (Fsp3) is 0.367. The van der Waals surface area contributed by atoms with Gasteiger partial charge in [-0.2, -0.15) is 4.98 Å². The summed E-state index contributed by atoms with van der Waals surface area (Å²) >= 11 is 6.49. The monoisotopic (exact) mass is 644 g/mol. The molecule has 1 aliphatic rings. The third kappa shape index (κ3) is 5.71. The minimum atomic E-state index is -1.10. The van der Waals surface area contributed by atoms with E-state index in [2.05, 4.69) is 15.0 Å². The summed E-state index contributed by atoms with van der Waals surface area (Å²) in [6.45, 7) is 6.70. The number of halogens is 3. The third-order valence-corrected chi connectivity index (χ3v) is 7.90. The molecule has 2 atom stereocenters. The van der Waals surface area contributed by atoms with Crippen LogP contribution in [0.5, 0.6) is 11.5 Å². The smallest absolute Gasteiger partial charge is 0.407 e. The lowest BCUT2D eigenvalue weighted by molar-refractivity contribution is 0.114. The number of ether oxygens (including phenoxy) is 1. The van der Waals surface area contributed by atoms with Crippen molar-refractivity contribution in [3.05, 3.63) is 63.3 Å². The summed E-state index contributed by atoms with van der Waals surface area (Å²) < 4.78 is 37.8. The number of nitrogens with zero attached hydrogens (tertiary/aromatic N) is 6. The number of hydrogen-bond acceptors (Lipinski definition) is 9. The number of aliphatic hydroxyl groups excluding tert-OH is 1. The van der Waals surface area contributed by atoms with Crippen LogP contribution < -0.4 is 15.3 Å². The number of anilines is 1. The molecule has 4 aromatic rings. The molecule has 0 bridgehead atoms. The number of hydrogen-bond donors (Lipinski definition) is 3. The molecule has 0 saturated carbocycles. The second-order valence-corrected chi connectivity index (χ2v) is 11.5. The Labute approximate surface area is 261 Å². The standard InChI is InChI=1S/C30H31ClF2N6O6/c1-14(2)23-25(26(45-9-8-40)18(31)11-34-23)39-28-17(10-20(33)24(35-28)22-19(32)6-5-7-21(22)41)27(36-29(39)42)37-12-16(4)38(30(43)44)13-15(37)3/h5-7,10-11,14-16,40-41H,8-9,12-13H2,1-4H3,(H,43,44)/t15-,16+/m0/s1. The first-order valence-electron chi connectivity index (χ1n) is 14.1. The Hall–Kier alpha value is -4.56. The molecule has 15 heteroatoms. The summed E-state index contributed by atoms with van der Waals surface area (Å²) in [5.74, 6) is -2.82. The van der Waals surface area contributed by atoms with Crippen molar-refractivity contribution in [2.24, 2.45) is 0 Å². The zero-order chi connectivity index (χ0) is 32.7. The molecule has 45 heavy (non-hydrogen) atoms. The summed E-state index contributed by atoms with van der Waals surface area (Å²) in [7, 11) is 0. The van der Waals surface area contributed by atoms with Crippen LogP contribution >= 0.6 is 11.6 Å². The number of carbonyl (C=O) groups is 1. The van der Waals surface area contributed by atoms with Crippen LogP contribution in [0.4, 0.5) is 19.4 Å². The number of phenols is 1. The van der Waals surface area contributed by atoms with Gasteiger partial charge in [0.05, 0.1) is 23.3 Å². The molecule has 0 aliphatic carbocycles. The number of phenolic OH excluding ortho intramolecular Hbond substituents is 1. The van der Waals surface area contributed by atoms with Crippen molar-refractivity contribution in [1.82, 2.24) is 24.4 Å². The van der Waals surface area contributed by atoms with Crippen LogP contribution in [-0.4, -0.2) is 84.2 Å². The Kier molecular flexibility index (Phi) is 8.81. The summed E-state index contributed by atoms with van der Waals surface area (Å²) in [6.07, 6.45) is 0.234. The Bertz CT molecular complexity index is 1830. The number of aromatic nitrogens is 4. The number of benzene rings is 1. The van der Waals surface area contributed by atoms with Gasteiger partial charge in [-0.3, -0.25) is 4.98 Å². The van der Waals surface area contributed by atoms with E-state index in [1.165, 1.54) is 23.2 Å². The highest BCUT2D eigenvalue weighted by Crippen LogP contribution is 2.40. The molecule has 0 spiro atoms. The quantitative estimate of drug-likeness (QED) is 0.261. The number of fused-ring (bicyclic) bond motifs is 1. The summed E-state index contributed by atoms with van der Waals surface area (Å²) in [6, 6.07) is 3.52. The lowest BCUT2D eigenvalue weighted by atomic mass is 10.1. The first-order valence-corrected chi connectivity index (χ1v) is 14.5. The molecular formula is C30H31ClF2N6O6. The molecular weight excluding hydrogens is 614 g/mol. The molecule has 1 saturated heterocycles. The zero-order valence-corrected chi connectivity index (χ0v) is 25.6. The maximum absolute atomic E-state index is 16.0. The maximum Gasteiger partial charge on any atom is 0.407 e. The number of rotatable bonds is 7. The molecule has 238 valence electrons. The van der Waals surface area contributed by atoms with Gasteiger partial charge in [-0.1, -0.05) is 31.5 Å². The van der Waals surface area contributed by atoms with Crippen LogP contribution in [0.25, 0.3) is 28.0 Å². The number of carboxylic acid groups (broad SMARTS) is 1. The van der Waals surface area contributed by atoms with E-state index in [4.69, 9.17) is 16.3 Å². The van der Waals surface area contributed by atoms with Gasteiger partial charge in [0.15, 0.2) is 17.2 Å². The topological polar surface area (TPSA) is 154 Å². The number of piperazine rings is 1. The minimum absolute atomic E-state index is 0.00768. The van der Waals surface area contributed by atoms with Crippen LogP contribution in [-0.2, 0) is 0 Å². The van der Waals surface area contributed by atoms with E-state index in [0.29, 0.717) is 5.69 Å². The zero-order valence-electron chi connectivity index (χ0n) is 24.8. The fourth-order valence-electron chi connectivity index (χ4n) is 5.54. The molecule has 0 unspecified atom stereocenters. The van der Waals surface area contributed by atoms with E-state index in [1.807, 2.05) is 13.8 Å². The van der Waals surface area contributed by atoms with Crippen molar-refractivity contribution in [2.45, 2.75) is 45.7 Å². The van der Waals surface area contributed by atoms with Crippen LogP contribution in [0.2, 0.25) is 5.02 Å². The number of amides is 1. The second-order valence-electron chi connectivity index (χ2n) is 11.1. The van der Waals surface area contributed by atoms with Gasteiger partial charge in [0.25, 0.3) is 0 Å². The Morgan fingerprint density at radius 2 is 1.89 bits per heavy atom. The van der Waals surface area contributed by atoms with E-state index in [9.17, 15) is 24.9 Å². The molecule has 1 aromatic carbocycles. The van der Waals surface area contributed by atoms with Crippen LogP contribution in [0.3, 0.4) is 0 Å². The normalized spacial score (nSPS) is 16.9. The summed E-state index contributed by atoms with van der Waals surface area (Å²) in [5.41, 5.74) is -1.77. The van der Waals surface area contributed by atoms with Crippen LogP contribution in [0.15, 0.2) is 35.3 Å². The lowest BCUT2D eigenvalue weighted by Gasteiger charge is -2.43. The van der Waals surface area contributed by atoms with Gasteiger partial charge in [-0.25, -0.2) is 27.9 Å². The van der Waals surface area contributed by atoms with E-state index in [0.717, 1.165) is 16.7 Å². The first-order chi connectivity index (χ1) is 21.3. The summed E-state index contributed by atoms with van der Waals surface area (Å²) in [4.78, 5) is 42.1. The van der Waals surface area contributed by atoms with Crippen LogP contribution in [0.1, 0.15) is 39.3 Å². The van der Waals surface area contributed by atoms with Crippen molar-refractivity contribution >= 4 is 34.5 Å². The fourth-order valence-corrected chi connectivity index (χ4v) is 5.73. The highest BCUT2D eigenvalue weighted by Gasteiger charge is 2.35. The molecule has 3 aromatic heterocycles. The average Bonchev–Trinajstić information content (AvgIpc) is 2.97. The number of aliphatic hydroxyl groups is 1. The molecule has 5 rings (SSSR count). The van der Waals surface area contributed by atoms with E-state index in [1.54, 1.807) is 18.7 Å². The lowest BCUT2D eigenvalue weighted by Crippen LogP contribution is -2.58. The highest BCUT2D eigenvalue weighted by atomic mass is 35.5. The van der Waals surface area contributed by atoms with Gasteiger partial charge >= 0.3 is 11.8 Å². The SMILES string of the molecule is CC(C)c1ncc(Cl)c(OCCO)c1-n1c(=O)nc(N2C[C@@H](C)N(C(=O)O)C[C@@H]2C)c2cc(F)c(-c3c(O)cccc3F)nc21. The van der Waals surface area contributed by atoms with Crippen molar-refractivity contribution in [3.63, 3.8) is 0 Å². The average molecular weight is 645 g/mol. The molecule has 3 N–H and O–H groups in total. The van der Waals surface area contributed by atoms with E-state index < -0.39 is 52.5 Å².